The molecule has 0 aliphatic carbocycles. The summed E-state index contributed by atoms with van der Waals surface area (Å²) in [7, 11) is 0. The van der Waals surface area contributed by atoms with Crippen molar-refractivity contribution in [3.63, 3.8) is 0 Å². The number of benzene rings is 2. The van der Waals surface area contributed by atoms with Gasteiger partial charge in [-0.1, -0.05) is 41.4 Å². The van der Waals surface area contributed by atoms with Crippen LogP contribution in [0.25, 0.3) is 0 Å². The fourth-order valence-electron chi connectivity index (χ4n) is 1.85. The SMILES string of the molecule is NC(N)=N/N=C(\c1ccc(C(F)(F)F)cc1)c1ccc(Cl)c(Cl)c1. The van der Waals surface area contributed by atoms with E-state index >= 15 is 0 Å². The van der Waals surface area contributed by atoms with Crippen LogP contribution in [-0.4, -0.2) is 11.7 Å². The van der Waals surface area contributed by atoms with Crippen molar-refractivity contribution >= 4 is 34.9 Å². The van der Waals surface area contributed by atoms with Gasteiger partial charge < -0.3 is 11.5 Å². The molecule has 0 spiro atoms. The second kappa shape index (κ2) is 7.11. The van der Waals surface area contributed by atoms with Gasteiger partial charge in [-0.15, -0.1) is 10.2 Å². The number of hydrogen-bond donors (Lipinski definition) is 2. The molecular formula is C15H11Cl2F3N4. The van der Waals surface area contributed by atoms with Crippen LogP contribution in [0.15, 0.2) is 52.7 Å². The average Bonchev–Trinajstić information content (AvgIpc) is 2.50. The number of nitrogens with zero attached hydrogens (tertiary/aromatic N) is 2. The number of halogens is 5. The zero-order chi connectivity index (χ0) is 17.9. The van der Waals surface area contributed by atoms with E-state index in [2.05, 4.69) is 10.2 Å². The van der Waals surface area contributed by atoms with Crippen molar-refractivity contribution in [2.75, 3.05) is 0 Å². The highest BCUT2D eigenvalue weighted by molar-refractivity contribution is 6.42. The molecule has 9 heteroatoms. The first-order valence-corrected chi connectivity index (χ1v) is 7.23. The van der Waals surface area contributed by atoms with Crippen LogP contribution in [0.1, 0.15) is 16.7 Å². The summed E-state index contributed by atoms with van der Waals surface area (Å²) in [5.41, 5.74) is 10.9. The molecule has 0 aromatic heterocycles. The van der Waals surface area contributed by atoms with Gasteiger partial charge in [0.15, 0.2) is 0 Å². The zero-order valence-corrected chi connectivity index (χ0v) is 13.5. The molecule has 0 atom stereocenters. The summed E-state index contributed by atoms with van der Waals surface area (Å²) in [6.07, 6.45) is -4.43. The second-order valence-corrected chi connectivity index (χ2v) is 5.49. The maximum atomic E-state index is 12.7. The number of hydrogen-bond acceptors (Lipinski definition) is 2. The van der Waals surface area contributed by atoms with Crippen LogP contribution in [0.3, 0.4) is 0 Å². The predicted octanol–water partition coefficient (Wildman–Crippen LogP) is 4.04. The van der Waals surface area contributed by atoms with E-state index in [0.29, 0.717) is 16.1 Å². The summed E-state index contributed by atoms with van der Waals surface area (Å²) in [5.74, 6) is -0.292. The molecule has 24 heavy (non-hydrogen) atoms. The summed E-state index contributed by atoms with van der Waals surface area (Å²) < 4.78 is 38.0. The third-order valence-corrected chi connectivity index (χ3v) is 3.68. The van der Waals surface area contributed by atoms with Crippen LogP contribution in [-0.2, 0) is 6.18 Å². The first-order valence-electron chi connectivity index (χ1n) is 6.48. The lowest BCUT2D eigenvalue weighted by Gasteiger charge is -2.10. The van der Waals surface area contributed by atoms with Crippen molar-refractivity contribution in [2.24, 2.45) is 21.7 Å². The first kappa shape index (κ1) is 18.1. The van der Waals surface area contributed by atoms with Gasteiger partial charge in [0.05, 0.1) is 15.6 Å². The average molecular weight is 375 g/mol. The summed E-state index contributed by atoms with van der Waals surface area (Å²) in [4.78, 5) is 0. The highest BCUT2D eigenvalue weighted by Gasteiger charge is 2.30. The topological polar surface area (TPSA) is 76.8 Å². The molecule has 0 amide bonds. The lowest BCUT2D eigenvalue weighted by molar-refractivity contribution is -0.137. The third-order valence-electron chi connectivity index (χ3n) is 2.94. The molecule has 0 saturated heterocycles. The second-order valence-electron chi connectivity index (χ2n) is 4.68. The lowest BCUT2D eigenvalue weighted by atomic mass is 10.0. The summed E-state index contributed by atoms with van der Waals surface area (Å²) >= 11 is 11.8. The van der Waals surface area contributed by atoms with Gasteiger partial charge in [0.2, 0.25) is 5.96 Å². The molecule has 2 rings (SSSR count). The van der Waals surface area contributed by atoms with Gasteiger partial charge in [-0.25, -0.2) is 0 Å². The molecule has 0 aliphatic heterocycles. The molecule has 0 aliphatic rings. The van der Waals surface area contributed by atoms with Crippen LogP contribution in [0, 0.1) is 0 Å². The van der Waals surface area contributed by atoms with Crippen LogP contribution in [0.4, 0.5) is 13.2 Å². The number of nitrogens with two attached hydrogens (primary N) is 2. The number of guanidine groups is 1. The molecule has 2 aromatic carbocycles. The molecule has 126 valence electrons. The van der Waals surface area contributed by atoms with E-state index in [1.165, 1.54) is 24.3 Å². The minimum absolute atomic E-state index is 0.246. The van der Waals surface area contributed by atoms with E-state index < -0.39 is 11.7 Å². The normalized spacial score (nSPS) is 12.1. The fourth-order valence-corrected chi connectivity index (χ4v) is 2.15. The van der Waals surface area contributed by atoms with Gasteiger partial charge in [0.25, 0.3) is 0 Å². The molecule has 0 unspecified atom stereocenters. The lowest BCUT2D eigenvalue weighted by Crippen LogP contribution is -2.22. The van der Waals surface area contributed by atoms with Crippen LogP contribution >= 0.6 is 23.2 Å². The molecule has 4 N–H and O–H groups in total. The quantitative estimate of drug-likeness (QED) is 0.483. The van der Waals surface area contributed by atoms with E-state index in [9.17, 15) is 13.2 Å². The Bertz CT molecular complexity index is 795. The highest BCUT2D eigenvalue weighted by atomic mass is 35.5. The number of rotatable bonds is 3. The van der Waals surface area contributed by atoms with E-state index in [1.807, 2.05) is 0 Å². The van der Waals surface area contributed by atoms with Crippen molar-refractivity contribution in [1.82, 2.24) is 0 Å². The van der Waals surface area contributed by atoms with E-state index in [4.69, 9.17) is 34.7 Å². The largest absolute Gasteiger partial charge is 0.416 e. The van der Waals surface area contributed by atoms with Gasteiger partial charge in [0.1, 0.15) is 5.71 Å². The standard InChI is InChI=1S/C15H11Cl2F3N4/c16-11-6-3-9(7-12(11)17)13(23-24-14(21)22)8-1-4-10(5-2-8)15(18,19)20/h1-7H,(H4,21,22,24)/b23-13+. The fraction of sp³-hybridized carbons (Fsp3) is 0.0667. The Morgan fingerprint density at radius 2 is 1.42 bits per heavy atom. The van der Waals surface area contributed by atoms with Crippen molar-refractivity contribution in [3.05, 3.63) is 69.2 Å². The summed E-state index contributed by atoms with van der Waals surface area (Å²) in [5, 5.41) is 8.05. The summed E-state index contributed by atoms with van der Waals surface area (Å²) in [6.45, 7) is 0. The van der Waals surface area contributed by atoms with Crippen molar-refractivity contribution in [2.45, 2.75) is 6.18 Å². The van der Waals surface area contributed by atoms with Gasteiger partial charge in [-0.05, 0) is 24.3 Å². The van der Waals surface area contributed by atoms with Gasteiger partial charge >= 0.3 is 6.18 Å². The Kier molecular flexibility index (Phi) is 5.36. The Labute approximate surface area is 145 Å². The molecule has 0 radical (unpaired) electrons. The number of alkyl halides is 3. The molecule has 2 aromatic rings. The van der Waals surface area contributed by atoms with E-state index in [-0.39, 0.29) is 16.7 Å². The van der Waals surface area contributed by atoms with E-state index in [1.54, 1.807) is 6.07 Å². The maximum Gasteiger partial charge on any atom is 0.416 e. The van der Waals surface area contributed by atoms with Crippen molar-refractivity contribution in [1.29, 1.82) is 0 Å². The molecule has 4 nitrogen and oxygen atoms in total. The molecule has 0 bridgehead atoms. The summed E-state index contributed by atoms with van der Waals surface area (Å²) in [6, 6.07) is 9.08. The Balaban J connectivity index is 2.53. The third kappa shape index (κ3) is 4.39. The first-order chi connectivity index (χ1) is 11.2. The zero-order valence-electron chi connectivity index (χ0n) is 12.0. The van der Waals surface area contributed by atoms with Gasteiger partial charge in [0, 0.05) is 11.1 Å². The predicted molar refractivity (Wildman–Crippen MR) is 89.4 cm³/mol. The molecule has 0 saturated carbocycles. The molecule has 0 heterocycles. The Hall–Kier alpha value is -2.25. The smallest absolute Gasteiger partial charge is 0.369 e. The van der Waals surface area contributed by atoms with Gasteiger partial charge in [-0.3, -0.25) is 0 Å². The Morgan fingerprint density at radius 3 is 1.92 bits per heavy atom. The van der Waals surface area contributed by atoms with Crippen LogP contribution in [0.2, 0.25) is 10.0 Å². The van der Waals surface area contributed by atoms with Crippen molar-refractivity contribution < 1.29 is 13.2 Å². The van der Waals surface area contributed by atoms with Gasteiger partial charge in [-0.2, -0.15) is 13.2 Å². The van der Waals surface area contributed by atoms with Crippen molar-refractivity contribution in [3.8, 4) is 0 Å². The Morgan fingerprint density at radius 1 is 0.833 bits per heavy atom. The maximum absolute atomic E-state index is 12.7. The van der Waals surface area contributed by atoms with Crippen LogP contribution < -0.4 is 11.5 Å². The molecular weight excluding hydrogens is 364 g/mol. The van der Waals surface area contributed by atoms with Crippen LogP contribution in [0.5, 0.6) is 0 Å². The highest BCUT2D eigenvalue weighted by Crippen LogP contribution is 2.30. The minimum Gasteiger partial charge on any atom is -0.369 e. The van der Waals surface area contributed by atoms with E-state index in [0.717, 1.165) is 12.1 Å². The molecule has 0 fully saturated rings. The monoisotopic (exact) mass is 374 g/mol. The minimum atomic E-state index is -4.43.